The highest BCUT2D eigenvalue weighted by Gasteiger charge is 2.31. The summed E-state index contributed by atoms with van der Waals surface area (Å²) in [6, 6.07) is 9.79. The van der Waals surface area contributed by atoms with Gasteiger partial charge in [-0.1, -0.05) is 39.0 Å². The molecular weight excluding hydrogens is 356 g/mol. The van der Waals surface area contributed by atoms with Gasteiger partial charge < -0.3 is 14.6 Å². The number of methoxy groups -OCH3 is 1. The maximum atomic E-state index is 13.2. The Morgan fingerprint density at radius 3 is 2.75 bits per heavy atom. The van der Waals surface area contributed by atoms with Crippen LogP contribution in [0, 0.1) is 5.41 Å². The van der Waals surface area contributed by atoms with E-state index in [0.29, 0.717) is 25.4 Å². The molecule has 1 aliphatic rings. The monoisotopic (exact) mass is 384 g/mol. The fraction of sp³-hybridized carbons (Fsp3) is 0.476. The van der Waals surface area contributed by atoms with E-state index in [1.807, 2.05) is 34.9 Å². The molecule has 1 aromatic carbocycles. The summed E-state index contributed by atoms with van der Waals surface area (Å²) >= 11 is 0. The van der Waals surface area contributed by atoms with Crippen LogP contribution in [0.3, 0.4) is 0 Å². The second-order valence-corrected chi connectivity index (χ2v) is 8.03. The van der Waals surface area contributed by atoms with Crippen LogP contribution in [0.25, 0.3) is 10.9 Å². The summed E-state index contributed by atoms with van der Waals surface area (Å²) in [5.41, 5.74) is 2.17. The molecule has 1 aromatic heterocycles. The van der Waals surface area contributed by atoms with Gasteiger partial charge in [0.1, 0.15) is 12.2 Å². The highest BCUT2D eigenvalue weighted by atomic mass is 16.5. The van der Waals surface area contributed by atoms with Gasteiger partial charge in [0.25, 0.3) is 5.91 Å². The zero-order valence-electron chi connectivity index (χ0n) is 17.0. The minimum absolute atomic E-state index is 0.104. The van der Waals surface area contributed by atoms with Crippen molar-refractivity contribution in [2.45, 2.75) is 33.7 Å². The summed E-state index contributed by atoms with van der Waals surface area (Å²) in [6.45, 7) is 7.69. The molecule has 0 saturated heterocycles. The van der Waals surface area contributed by atoms with Crippen LogP contribution in [0.2, 0.25) is 0 Å². The van der Waals surface area contributed by atoms with Crippen molar-refractivity contribution in [3.05, 3.63) is 36.0 Å². The van der Waals surface area contributed by atoms with E-state index < -0.39 is 0 Å². The molecule has 7 heteroatoms. The second-order valence-electron chi connectivity index (χ2n) is 8.03. The predicted octanol–water partition coefficient (Wildman–Crippen LogP) is 2.65. The highest BCUT2D eigenvalue weighted by molar-refractivity contribution is 6.03. The smallest absolute Gasteiger partial charge is 0.291 e. The first-order valence-electron chi connectivity index (χ1n) is 9.55. The first-order chi connectivity index (χ1) is 13.3. The van der Waals surface area contributed by atoms with Crippen molar-refractivity contribution in [1.29, 1.82) is 0 Å². The number of carbonyl (C=O) groups is 2. The van der Waals surface area contributed by atoms with E-state index in [2.05, 4.69) is 31.2 Å². The van der Waals surface area contributed by atoms with Crippen LogP contribution >= 0.6 is 0 Å². The topological polar surface area (TPSA) is 75.9 Å². The molecule has 7 nitrogen and oxygen atoms in total. The average molecular weight is 384 g/mol. The van der Waals surface area contributed by atoms with Crippen LogP contribution in [0.1, 0.15) is 37.7 Å². The molecular formula is C21H28N4O3. The number of para-hydroxylation sites is 1. The fourth-order valence-electron chi connectivity index (χ4n) is 3.19. The molecule has 2 heterocycles. The Kier molecular flexibility index (Phi) is 5.84. The van der Waals surface area contributed by atoms with E-state index in [4.69, 9.17) is 4.74 Å². The fourth-order valence-corrected chi connectivity index (χ4v) is 3.19. The second kappa shape index (κ2) is 8.14. The zero-order valence-corrected chi connectivity index (χ0v) is 17.0. The van der Waals surface area contributed by atoms with Gasteiger partial charge in [0.15, 0.2) is 0 Å². The Balaban J connectivity index is 1.91. The van der Waals surface area contributed by atoms with Gasteiger partial charge in [0, 0.05) is 36.6 Å². The lowest BCUT2D eigenvalue weighted by atomic mass is 9.90. The number of amides is 2. The van der Waals surface area contributed by atoms with Crippen LogP contribution in [0.5, 0.6) is 0 Å². The Morgan fingerprint density at radius 1 is 1.29 bits per heavy atom. The summed E-state index contributed by atoms with van der Waals surface area (Å²) in [5.74, 6) is -0.492. The Labute approximate surface area is 165 Å². The SMILES string of the molecule is COCCCNC(=O)CN1N=C(C(C)(C)C)Cn2c(cc3ccccc32)C1=O. The molecule has 3 rings (SSSR count). The molecule has 0 radical (unpaired) electrons. The third-order valence-corrected chi connectivity index (χ3v) is 4.82. The lowest BCUT2D eigenvalue weighted by molar-refractivity contribution is -0.121. The molecule has 150 valence electrons. The number of hydrogen-bond acceptors (Lipinski definition) is 4. The number of benzene rings is 1. The Morgan fingerprint density at radius 2 is 2.04 bits per heavy atom. The largest absolute Gasteiger partial charge is 0.385 e. The molecule has 0 bridgehead atoms. The van der Waals surface area contributed by atoms with Crippen molar-refractivity contribution in [2.24, 2.45) is 10.5 Å². The molecule has 28 heavy (non-hydrogen) atoms. The normalized spacial score (nSPS) is 14.6. The van der Waals surface area contributed by atoms with E-state index >= 15 is 0 Å². The summed E-state index contributed by atoms with van der Waals surface area (Å²) in [6.07, 6.45) is 0.723. The number of aromatic nitrogens is 1. The van der Waals surface area contributed by atoms with E-state index in [1.54, 1.807) is 7.11 Å². The quantitative estimate of drug-likeness (QED) is 0.778. The van der Waals surface area contributed by atoms with Crippen LogP contribution in [0.4, 0.5) is 0 Å². The molecule has 0 spiro atoms. The molecule has 0 atom stereocenters. The molecule has 2 amide bonds. The molecule has 1 N–H and O–H groups in total. The van der Waals surface area contributed by atoms with Crippen LogP contribution in [-0.4, -0.2) is 53.9 Å². The van der Waals surface area contributed by atoms with Crippen LogP contribution in [0.15, 0.2) is 35.4 Å². The van der Waals surface area contributed by atoms with Gasteiger partial charge in [-0.25, -0.2) is 5.01 Å². The molecule has 0 aliphatic carbocycles. The standard InChI is InChI=1S/C21H28N4O3/c1-21(2,3)18-13-24-16-9-6-5-8-15(16)12-17(24)20(27)25(23-18)14-19(26)22-10-7-11-28-4/h5-6,8-9,12H,7,10-11,13-14H2,1-4H3,(H,22,26). The summed E-state index contributed by atoms with van der Waals surface area (Å²) in [7, 11) is 1.62. The Hall–Kier alpha value is -2.67. The average Bonchev–Trinajstić information content (AvgIpc) is 2.94. The number of rotatable bonds is 6. The minimum atomic E-state index is -0.262. The lowest BCUT2D eigenvalue weighted by Crippen LogP contribution is -2.39. The predicted molar refractivity (Wildman–Crippen MR) is 109 cm³/mol. The third-order valence-electron chi connectivity index (χ3n) is 4.82. The zero-order chi connectivity index (χ0) is 20.3. The van der Waals surface area contributed by atoms with Crippen LogP contribution in [-0.2, 0) is 16.1 Å². The summed E-state index contributed by atoms with van der Waals surface area (Å²) < 4.78 is 6.98. The summed E-state index contributed by atoms with van der Waals surface area (Å²) in [4.78, 5) is 25.5. The van der Waals surface area contributed by atoms with E-state index in [1.165, 1.54) is 5.01 Å². The van der Waals surface area contributed by atoms with Gasteiger partial charge in [0.2, 0.25) is 5.91 Å². The number of hydrogen-bond donors (Lipinski definition) is 1. The number of hydrazone groups is 1. The van der Waals surface area contributed by atoms with Crippen LogP contribution < -0.4 is 5.32 Å². The van der Waals surface area contributed by atoms with Crippen molar-refractivity contribution in [1.82, 2.24) is 14.9 Å². The lowest BCUT2D eigenvalue weighted by Gasteiger charge is -2.23. The van der Waals surface area contributed by atoms with Crippen molar-refractivity contribution in [2.75, 3.05) is 26.8 Å². The summed E-state index contributed by atoms with van der Waals surface area (Å²) in [5, 5.41) is 9.72. The van der Waals surface area contributed by atoms with Crippen molar-refractivity contribution in [3.63, 3.8) is 0 Å². The van der Waals surface area contributed by atoms with Crippen molar-refractivity contribution in [3.8, 4) is 0 Å². The number of ether oxygens (including phenoxy) is 1. The molecule has 1 aliphatic heterocycles. The van der Waals surface area contributed by atoms with Gasteiger partial charge in [-0.15, -0.1) is 0 Å². The first kappa shape index (κ1) is 20.1. The third kappa shape index (κ3) is 4.25. The first-order valence-corrected chi connectivity index (χ1v) is 9.55. The van der Waals surface area contributed by atoms with Gasteiger partial charge in [-0.3, -0.25) is 9.59 Å². The maximum Gasteiger partial charge on any atom is 0.291 e. The number of nitrogens with zero attached hydrogens (tertiary/aromatic N) is 3. The van der Waals surface area contributed by atoms with Gasteiger partial charge >= 0.3 is 0 Å². The molecule has 0 unspecified atom stereocenters. The molecule has 2 aromatic rings. The van der Waals surface area contributed by atoms with E-state index in [-0.39, 0.29) is 23.8 Å². The number of carbonyl (C=O) groups excluding carboxylic acids is 2. The number of nitrogens with one attached hydrogen (secondary N) is 1. The van der Waals surface area contributed by atoms with E-state index in [9.17, 15) is 9.59 Å². The Bertz CT molecular complexity index is 908. The van der Waals surface area contributed by atoms with Gasteiger partial charge in [0.05, 0.1) is 12.3 Å². The van der Waals surface area contributed by atoms with Crippen molar-refractivity contribution < 1.29 is 14.3 Å². The van der Waals surface area contributed by atoms with Gasteiger partial charge in [-0.2, -0.15) is 5.10 Å². The van der Waals surface area contributed by atoms with Gasteiger partial charge in [-0.05, 0) is 18.6 Å². The molecule has 0 fully saturated rings. The molecule has 0 saturated carbocycles. The number of fused-ring (bicyclic) bond motifs is 3. The maximum absolute atomic E-state index is 13.2. The minimum Gasteiger partial charge on any atom is -0.385 e. The van der Waals surface area contributed by atoms with E-state index in [0.717, 1.165) is 23.0 Å². The van der Waals surface area contributed by atoms with Crippen molar-refractivity contribution >= 4 is 28.4 Å². The highest BCUT2D eigenvalue weighted by Crippen LogP contribution is 2.27.